The van der Waals surface area contributed by atoms with Crippen LogP contribution in [0, 0.1) is 34.6 Å². The summed E-state index contributed by atoms with van der Waals surface area (Å²) in [5, 5.41) is 2.94. The Kier molecular flexibility index (Phi) is 4.86. The zero-order chi connectivity index (χ0) is 16.3. The van der Waals surface area contributed by atoms with E-state index in [1.54, 1.807) is 0 Å². The number of anilines is 1. The molecule has 2 aromatic rings. The summed E-state index contributed by atoms with van der Waals surface area (Å²) in [6.45, 7) is 10.0. The van der Waals surface area contributed by atoms with Crippen LogP contribution in [0.15, 0.2) is 30.3 Å². The molecular weight excluding hydrogens is 274 g/mol. The number of nitrogens with one attached hydrogen (secondary N) is 1. The summed E-state index contributed by atoms with van der Waals surface area (Å²) in [5.74, 6) is 0.661. The van der Waals surface area contributed by atoms with E-state index in [1.165, 1.54) is 0 Å². The quantitative estimate of drug-likeness (QED) is 0.916. The number of aryl methyl sites for hydroxylation is 4. The van der Waals surface area contributed by atoms with E-state index in [2.05, 4.69) is 11.4 Å². The van der Waals surface area contributed by atoms with Gasteiger partial charge in [-0.2, -0.15) is 0 Å². The molecule has 0 aromatic heterocycles. The summed E-state index contributed by atoms with van der Waals surface area (Å²) >= 11 is 0. The van der Waals surface area contributed by atoms with E-state index in [4.69, 9.17) is 4.74 Å². The number of carbonyl (C=O) groups is 1. The Morgan fingerprint density at radius 3 is 2.14 bits per heavy atom. The highest BCUT2D eigenvalue weighted by atomic mass is 16.5. The van der Waals surface area contributed by atoms with Crippen molar-refractivity contribution in [2.45, 2.75) is 34.6 Å². The highest BCUT2D eigenvalue weighted by Crippen LogP contribution is 2.26. The second-order valence-corrected chi connectivity index (χ2v) is 5.76. The number of hydrogen-bond donors (Lipinski definition) is 1. The predicted molar refractivity (Wildman–Crippen MR) is 90.7 cm³/mol. The standard InChI is InChI=1S/C19H23NO2/c1-12-9-10-15(4)19(16(12)5)22-11-17(21)20-18-13(2)7-6-8-14(18)3/h6-10H,11H2,1-5H3,(H,20,21). The third-order valence-corrected chi connectivity index (χ3v) is 3.97. The first-order valence-electron chi connectivity index (χ1n) is 7.46. The van der Waals surface area contributed by atoms with Crippen LogP contribution in [-0.2, 0) is 4.79 Å². The van der Waals surface area contributed by atoms with Gasteiger partial charge in [-0.05, 0) is 62.4 Å². The van der Waals surface area contributed by atoms with Gasteiger partial charge in [0.2, 0.25) is 0 Å². The SMILES string of the molecule is Cc1ccc(C)c(OCC(=O)Nc2c(C)cccc2C)c1C. The fourth-order valence-corrected chi connectivity index (χ4v) is 2.47. The van der Waals surface area contributed by atoms with Crippen LogP contribution in [0.25, 0.3) is 0 Å². The molecule has 1 N–H and O–H groups in total. The zero-order valence-electron chi connectivity index (χ0n) is 13.9. The van der Waals surface area contributed by atoms with E-state index in [1.807, 2.05) is 58.9 Å². The number of benzene rings is 2. The van der Waals surface area contributed by atoms with Gasteiger partial charge in [0.1, 0.15) is 5.75 Å². The lowest BCUT2D eigenvalue weighted by atomic mass is 10.1. The molecule has 3 heteroatoms. The van der Waals surface area contributed by atoms with Gasteiger partial charge < -0.3 is 10.1 Å². The number of para-hydroxylation sites is 1. The van der Waals surface area contributed by atoms with Gasteiger partial charge in [0, 0.05) is 5.69 Å². The minimum Gasteiger partial charge on any atom is -0.483 e. The molecule has 0 aliphatic rings. The van der Waals surface area contributed by atoms with Crippen molar-refractivity contribution in [3.8, 4) is 5.75 Å². The number of hydrogen-bond acceptors (Lipinski definition) is 2. The van der Waals surface area contributed by atoms with Crippen molar-refractivity contribution in [3.63, 3.8) is 0 Å². The van der Waals surface area contributed by atoms with Crippen molar-refractivity contribution < 1.29 is 9.53 Å². The molecule has 2 rings (SSSR count). The molecule has 1 amide bonds. The molecule has 0 unspecified atom stereocenters. The van der Waals surface area contributed by atoms with E-state index in [9.17, 15) is 4.79 Å². The second-order valence-electron chi connectivity index (χ2n) is 5.76. The maximum absolute atomic E-state index is 12.2. The van der Waals surface area contributed by atoms with Crippen molar-refractivity contribution in [1.82, 2.24) is 0 Å². The molecule has 0 aliphatic heterocycles. The maximum atomic E-state index is 12.2. The molecule has 0 bridgehead atoms. The van der Waals surface area contributed by atoms with Crippen LogP contribution in [0.5, 0.6) is 5.75 Å². The second kappa shape index (κ2) is 6.65. The Morgan fingerprint density at radius 1 is 0.909 bits per heavy atom. The molecule has 22 heavy (non-hydrogen) atoms. The lowest BCUT2D eigenvalue weighted by Gasteiger charge is -2.15. The lowest BCUT2D eigenvalue weighted by molar-refractivity contribution is -0.118. The molecule has 0 fully saturated rings. The smallest absolute Gasteiger partial charge is 0.262 e. The van der Waals surface area contributed by atoms with Gasteiger partial charge >= 0.3 is 0 Å². The molecular formula is C19H23NO2. The highest BCUT2D eigenvalue weighted by molar-refractivity contribution is 5.93. The molecule has 0 saturated heterocycles. The van der Waals surface area contributed by atoms with Crippen molar-refractivity contribution in [1.29, 1.82) is 0 Å². The van der Waals surface area contributed by atoms with Crippen LogP contribution in [-0.4, -0.2) is 12.5 Å². The average Bonchev–Trinajstić information content (AvgIpc) is 2.47. The average molecular weight is 297 g/mol. The van der Waals surface area contributed by atoms with Crippen molar-refractivity contribution in [2.24, 2.45) is 0 Å². The van der Waals surface area contributed by atoms with Gasteiger partial charge in [0.05, 0.1) is 0 Å². The lowest BCUT2D eigenvalue weighted by Crippen LogP contribution is -2.21. The fourth-order valence-electron chi connectivity index (χ4n) is 2.47. The Labute approximate surface area is 132 Å². The van der Waals surface area contributed by atoms with Gasteiger partial charge in [0.25, 0.3) is 5.91 Å². The Balaban J connectivity index is 2.07. The van der Waals surface area contributed by atoms with Gasteiger partial charge in [-0.15, -0.1) is 0 Å². The summed E-state index contributed by atoms with van der Waals surface area (Å²) in [6, 6.07) is 10.0. The van der Waals surface area contributed by atoms with Crippen LogP contribution in [0.2, 0.25) is 0 Å². The first kappa shape index (κ1) is 16.1. The van der Waals surface area contributed by atoms with E-state index in [0.29, 0.717) is 0 Å². The first-order chi connectivity index (χ1) is 10.4. The van der Waals surface area contributed by atoms with Crippen LogP contribution >= 0.6 is 0 Å². The number of carbonyl (C=O) groups excluding carboxylic acids is 1. The van der Waals surface area contributed by atoms with Crippen molar-refractivity contribution in [3.05, 3.63) is 58.1 Å². The van der Waals surface area contributed by atoms with Crippen LogP contribution in [0.4, 0.5) is 5.69 Å². The Morgan fingerprint density at radius 2 is 1.50 bits per heavy atom. The molecule has 0 saturated carbocycles. The van der Waals surface area contributed by atoms with Gasteiger partial charge in [-0.25, -0.2) is 0 Å². The van der Waals surface area contributed by atoms with E-state index in [-0.39, 0.29) is 12.5 Å². The van der Waals surface area contributed by atoms with Gasteiger partial charge in [-0.1, -0.05) is 30.3 Å². The van der Waals surface area contributed by atoms with Crippen LogP contribution in [0.1, 0.15) is 27.8 Å². The molecule has 0 radical (unpaired) electrons. The van der Waals surface area contributed by atoms with E-state index in [0.717, 1.165) is 39.3 Å². The normalized spacial score (nSPS) is 10.4. The maximum Gasteiger partial charge on any atom is 0.262 e. The minimum atomic E-state index is -0.141. The summed E-state index contributed by atoms with van der Waals surface area (Å²) < 4.78 is 5.75. The summed E-state index contributed by atoms with van der Waals surface area (Å²) in [5.41, 5.74) is 6.26. The minimum absolute atomic E-state index is 0.0128. The van der Waals surface area contributed by atoms with Crippen molar-refractivity contribution >= 4 is 11.6 Å². The van der Waals surface area contributed by atoms with Crippen molar-refractivity contribution in [2.75, 3.05) is 11.9 Å². The number of rotatable bonds is 4. The molecule has 0 spiro atoms. The molecule has 0 atom stereocenters. The first-order valence-corrected chi connectivity index (χ1v) is 7.46. The van der Waals surface area contributed by atoms with E-state index >= 15 is 0 Å². The topological polar surface area (TPSA) is 38.3 Å². The predicted octanol–water partition coefficient (Wildman–Crippen LogP) is 4.25. The van der Waals surface area contributed by atoms with E-state index < -0.39 is 0 Å². The Bertz CT molecular complexity index is 685. The molecule has 116 valence electrons. The monoisotopic (exact) mass is 297 g/mol. The molecule has 2 aromatic carbocycles. The summed E-state index contributed by atoms with van der Waals surface area (Å²) in [7, 11) is 0. The molecule has 0 heterocycles. The summed E-state index contributed by atoms with van der Waals surface area (Å²) in [4.78, 5) is 12.2. The fraction of sp³-hybridized carbons (Fsp3) is 0.316. The third-order valence-electron chi connectivity index (χ3n) is 3.97. The Hall–Kier alpha value is -2.29. The largest absolute Gasteiger partial charge is 0.483 e. The van der Waals surface area contributed by atoms with Crippen LogP contribution < -0.4 is 10.1 Å². The highest BCUT2D eigenvalue weighted by Gasteiger charge is 2.11. The third kappa shape index (κ3) is 3.48. The molecule has 3 nitrogen and oxygen atoms in total. The number of amides is 1. The summed E-state index contributed by atoms with van der Waals surface area (Å²) in [6.07, 6.45) is 0. The number of ether oxygens (including phenoxy) is 1. The van der Waals surface area contributed by atoms with Gasteiger partial charge in [0.15, 0.2) is 6.61 Å². The molecule has 0 aliphatic carbocycles. The van der Waals surface area contributed by atoms with Crippen LogP contribution in [0.3, 0.4) is 0 Å². The zero-order valence-corrected chi connectivity index (χ0v) is 13.9. The van der Waals surface area contributed by atoms with Gasteiger partial charge in [-0.3, -0.25) is 4.79 Å².